The summed E-state index contributed by atoms with van der Waals surface area (Å²) in [6, 6.07) is 8.85. The number of carbonyl (C=O) groups is 1. The van der Waals surface area contributed by atoms with Crippen LogP contribution >= 0.6 is 0 Å². The number of benzene rings is 1. The fourth-order valence-electron chi connectivity index (χ4n) is 3.62. The van der Waals surface area contributed by atoms with Crippen molar-refractivity contribution < 1.29 is 15.0 Å². The molecule has 1 fully saturated rings. The molecule has 3 N–H and O–H groups in total. The largest absolute Gasteiger partial charge is 0.389 e. The van der Waals surface area contributed by atoms with Crippen LogP contribution in [-0.4, -0.2) is 58.9 Å². The zero-order valence-electron chi connectivity index (χ0n) is 15.9. The number of likely N-dealkylation sites (tertiary alicyclic amines) is 1. The number of rotatable bonds is 11. The Kier molecular flexibility index (Phi) is 9.09. The lowest BCUT2D eigenvalue weighted by Gasteiger charge is -2.26. The summed E-state index contributed by atoms with van der Waals surface area (Å²) >= 11 is 0. The molecule has 0 aliphatic carbocycles. The second-order valence-corrected chi connectivity index (χ2v) is 7.32. The highest BCUT2D eigenvalue weighted by molar-refractivity contribution is 5.94. The third kappa shape index (κ3) is 6.38. The Hall–Kier alpha value is -1.43. The molecular weight excluding hydrogens is 328 g/mol. The Bertz CT molecular complexity index is 523. The number of carbonyl (C=O) groups excluding carboxylic acids is 1. The molecule has 26 heavy (non-hydrogen) atoms. The Balaban J connectivity index is 1.74. The first-order valence-corrected chi connectivity index (χ1v) is 10.1. The summed E-state index contributed by atoms with van der Waals surface area (Å²) in [6.45, 7) is 3.90. The van der Waals surface area contributed by atoms with E-state index in [0.29, 0.717) is 18.7 Å². The highest BCUT2D eigenvalue weighted by Gasteiger charge is 2.39. The quantitative estimate of drug-likeness (QED) is 0.529. The zero-order valence-corrected chi connectivity index (χ0v) is 15.9. The molecule has 2 rings (SSSR count). The number of amides is 1. The van der Waals surface area contributed by atoms with E-state index in [9.17, 15) is 15.0 Å². The normalized spacial score (nSPS) is 23.3. The molecule has 5 heteroatoms. The van der Waals surface area contributed by atoms with E-state index in [0.717, 1.165) is 13.0 Å². The molecule has 0 unspecified atom stereocenters. The number of aliphatic hydroxyl groups is 2. The smallest absolute Gasteiger partial charge is 0.251 e. The minimum absolute atomic E-state index is 0.143. The summed E-state index contributed by atoms with van der Waals surface area (Å²) in [5, 5.41) is 23.2. The van der Waals surface area contributed by atoms with Gasteiger partial charge in [0.1, 0.15) is 0 Å². The number of hydrogen-bond acceptors (Lipinski definition) is 4. The first-order valence-electron chi connectivity index (χ1n) is 10.1. The van der Waals surface area contributed by atoms with Crippen molar-refractivity contribution in [2.75, 3.05) is 19.6 Å². The first kappa shape index (κ1) is 20.9. The van der Waals surface area contributed by atoms with Crippen LogP contribution in [0.4, 0.5) is 0 Å². The summed E-state index contributed by atoms with van der Waals surface area (Å²) in [6.07, 6.45) is 7.11. The van der Waals surface area contributed by atoms with Gasteiger partial charge >= 0.3 is 0 Å². The van der Waals surface area contributed by atoms with Gasteiger partial charge in [0.05, 0.1) is 18.2 Å². The molecule has 5 nitrogen and oxygen atoms in total. The second kappa shape index (κ2) is 11.3. The molecular formula is C21H34N2O3. The second-order valence-electron chi connectivity index (χ2n) is 7.32. The van der Waals surface area contributed by atoms with Crippen molar-refractivity contribution >= 4 is 5.91 Å². The fraction of sp³-hybridized carbons (Fsp3) is 0.667. The molecule has 0 aromatic heterocycles. The van der Waals surface area contributed by atoms with Crippen LogP contribution in [0.25, 0.3) is 0 Å². The van der Waals surface area contributed by atoms with Crippen LogP contribution in [0, 0.1) is 0 Å². The molecule has 1 aromatic rings. The van der Waals surface area contributed by atoms with E-state index in [-0.39, 0.29) is 11.9 Å². The predicted octanol–water partition coefficient (Wildman–Crippen LogP) is 2.57. The highest BCUT2D eigenvalue weighted by atomic mass is 16.3. The highest BCUT2D eigenvalue weighted by Crippen LogP contribution is 2.19. The van der Waals surface area contributed by atoms with Crippen LogP contribution in [0.1, 0.15) is 62.2 Å². The van der Waals surface area contributed by atoms with Gasteiger partial charge < -0.3 is 15.5 Å². The van der Waals surface area contributed by atoms with Crippen molar-refractivity contribution in [2.45, 2.75) is 70.1 Å². The summed E-state index contributed by atoms with van der Waals surface area (Å²) in [5.74, 6) is -0.143. The van der Waals surface area contributed by atoms with E-state index in [4.69, 9.17) is 0 Å². The number of nitrogens with one attached hydrogen (secondary N) is 1. The van der Waals surface area contributed by atoms with Gasteiger partial charge in [-0.25, -0.2) is 0 Å². The molecule has 1 aliphatic heterocycles. The van der Waals surface area contributed by atoms with Crippen LogP contribution < -0.4 is 5.32 Å². The van der Waals surface area contributed by atoms with Gasteiger partial charge in [0.25, 0.3) is 5.91 Å². The van der Waals surface area contributed by atoms with Crippen LogP contribution in [0.2, 0.25) is 0 Å². The Labute approximate surface area is 157 Å². The molecule has 146 valence electrons. The Morgan fingerprint density at radius 1 is 1.08 bits per heavy atom. The topological polar surface area (TPSA) is 72.8 Å². The summed E-state index contributed by atoms with van der Waals surface area (Å²) < 4.78 is 0. The molecule has 0 bridgehead atoms. The standard InChI is InChI=1S/C21H34N2O3/c1-2-3-4-5-6-7-11-14-23-16-19(24)20(25)18(23)15-22-21(26)17-12-9-8-10-13-17/h8-10,12-13,18-20,24-25H,2-7,11,14-16H2,1H3,(H,22,26)/t18-,19+,20-/m1/s1. The monoisotopic (exact) mass is 362 g/mol. The number of nitrogens with zero attached hydrogens (tertiary/aromatic N) is 1. The zero-order chi connectivity index (χ0) is 18.8. The molecule has 1 aliphatic rings. The van der Waals surface area contributed by atoms with Gasteiger partial charge in [-0.1, -0.05) is 63.6 Å². The lowest BCUT2D eigenvalue weighted by atomic mass is 10.1. The van der Waals surface area contributed by atoms with Crippen molar-refractivity contribution in [3.8, 4) is 0 Å². The molecule has 3 atom stereocenters. The third-order valence-corrected chi connectivity index (χ3v) is 5.24. The molecule has 0 radical (unpaired) electrons. The first-order chi connectivity index (χ1) is 12.6. The van der Waals surface area contributed by atoms with Gasteiger partial charge in [-0.05, 0) is 25.1 Å². The van der Waals surface area contributed by atoms with Gasteiger partial charge in [0, 0.05) is 18.7 Å². The van der Waals surface area contributed by atoms with Gasteiger partial charge in [0.15, 0.2) is 0 Å². The maximum absolute atomic E-state index is 12.2. The van der Waals surface area contributed by atoms with Crippen molar-refractivity contribution in [3.63, 3.8) is 0 Å². The molecule has 0 saturated carbocycles. The lowest BCUT2D eigenvalue weighted by molar-refractivity contribution is 0.0373. The number of hydrogen-bond donors (Lipinski definition) is 3. The van der Waals surface area contributed by atoms with E-state index < -0.39 is 12.2 Å². The maximum atomic E-state index is 12.2. The Morgan fingerprint density at radius 3 is 2.42 bits per heavy atom. The summed E-state index contributed by atoms with van der Waals surface area (Å²) in [4.78, 5) is 14.3. The molecule has 1 saturated heterocycles. The van der Waals surface area contributed by atoms with Crippen molar-refractivity contribution in [1.82, 2.24) is 10.2 Å². The molecule has 1 aromatic carbocycles. The van der Waals surface area contributed by atoms with Crippen LogP contribution in [-0.2, 0) is 0 Å². The van der Waals surface area contributed by atoms with Crippen molar-refractivity contribution in [1.29, 1.82) is 0 Å². The minimum atomic E-state index is -0.810. The van der Waals surface area contributed by atoms with Gasteiger partial charge in [-0.3, -0.25) is 9.69 Å². The average molecular weight is 363 g/mol. The minimum Gasteiger partial charge on any atom is -0.389 e. The Morgan fingerprint density at radius 2 is 1.73 bits per heavy atom. The van der Waals surface area contributed by atoms with E-state index in [2.05, 4.69) is 17.1 Å². The van der Waals surface area contributed by atoms with Crippen molar-refractivity contribution in [2.24, 2.45) is 0 Å². The molecule has 1 amide bonds. The van der Waals surface area contributed by atoms with Gasteiger partial charge in [-0.2, -0.15) is 0 Å². The average Bonchev–Trinajstić information content (AvgIpc) is 2.93. The number of aliphatic hydroxyl groups excluding tert-OH is 2. The van der Waals surface area contributed by atoms with Gasteiger partial charge in [0.2, 0.25) is 0 Å². The van der Waals surface area contributed by atoms with Crippen LogP contribution in [0.5, 0.6) is 0 Å². The summed E-state index contributed by atoms with van der Waals surface area (Å²) in [5.41, 5.74) is 0.610. The number of unbranched alkanes of at least 4 members (excludes halogenated alkanes) is 6. The molecule has 1 heterocycles. The predicted molar refractivity (Wildman–Crippen MR) is 104 cm³/mol. The van der Waals surface area contributed by atoms with Gasteiger partial charge in [-0.15, -0.1) is 0 Å². The summed E-state index contributed by atoms with van der Waals surface area (Å²) in [7, 11) is 0. The number of β-amino-alcohol motifs (C(OH)–C–C–N with tert-alkyl or cyclic N) is 1. The van der Waals surface area contributed by atoms with E-state index in [1.165, 1.54) is 38.5 Å². The van der Waals surface area contributed by atoms with Crippen LogP contribution in [0.3, 0.4) is 0 Å². The third-order valence-electron chi connectivity index (χ3n) is 5.24. The van der Waals surface area contributed by atoms with E-state index in [1.807, 2.05) is 18.2 Å². The SMILES string of the molecule is CCCCCCCCCN1C[C@H](O)[C@H](O)[C@H]1CNC(=O)c1ccccc1. The van der Waals surface area contributed by atoms with Crippen molar-refractivity contribution in [3.05, 3.63) is 35.9 Å². The fourth-order valence-corrected chi connectivity index (χ4v) is 3.62. The van der Waals surface area contributed by atoms with E-state index >= 15 is 0 Å². The molecule has 0 spiro atoms. The van der Waals surface area contributed by atoms with Crippen LogP contribution in [0.15, 0.2) is 30.3 Å². The maximum Gasteiger partial charge on any atom is 0.251 e. The lowest BCUT2D eigenvalue weighted by Crippen LogP contribution is -2.45. The van der Waals surface area contributed by atoms with E-state index in [1.54, 1.807) is 12.1 Å².